The van der Waals surface area contributed by atoms with Gasteiger partial charge in [0.05, 0.1) is 0 Å². The summed E-state index contributed by atoms with van der Waals surface area (Å²) >= 11 is 0. The molecule has 0 unspecified atom stereocenters. The highest BCUT2D eigenvalue weighted by atomic mass is 28.4. The molecule has 0 saturated heterocycles. The highest BCUT2D eigenvalue weighted by molar-refractivity contribution is 6.66. The van der Waals surface area contributed by atoms with Crippen molar-refractivity contribution in [2.45, 2.75) is 32.9 Å². The van der Waals surface area contributed by atoms with Gasteiger partial charge in [-0.3, -0.25) is 4.79 Å². The fraction of sp³-hybridized carbons (Fsp3) is 0.700. The quantitative estimate of drug-likeness (QED) is 0.461. The summed E-state index contributed by atoms with van der Waals surface area (Å²) in [6.45, 7) is 10.6. The van der Waals surface area contributed by atoms with Crippen LogP contribution in [0.1, 0.15) is 20.3 Å². The van der Waals surface area contributed by atoms with Crippen molar-refractivity contribution in [1.29, 1.82) is 0 Å². The maximum atomic E-state index is 11.1. The highest BCUT2D eigenvalue weighted by Crippen LogP contribution is 2.16. The molecule has 0 aliphatic carbocycles. The van der Waals surface area contributed by atoms with Crippen LogP contribution >= 0.6 is 0 Å². The first-order valence-corrected chi connectivity index (χ1v) is 7.53. The van der Waals surface area contributed by atoms with Crippen LogP contribution in [-0.4, -0.2) is 27.6 Å². The van der Waals surface area contributed by atoms with Crippen molar-refractivity contribution < 1.29 is 13.6 Å². The van der Waals surface area contributed by atoms with Gasteiger partial charge in [0.25, 0.3) is 0 Å². The lowest BCUT2D eigenvalue weighted by Gasteiger charge is -2.25. The first-order valence-electron chi connectivity index (χ1n) is 5.01. The first kappa shape index (κ1) is 13.5. The van der Waals surface area contributed by atoms with Crippen molar-refractivity contribution in [1.82, 2.24) is 0 Å². The van der Waals surface area contributed by atoms with Crippen LogP contribution in [-0.2, 0) is 13.6 Å². The van der Waals surface area contributed by atoms with E-state index in [9.17, 15) is 4.79 Å². The number of carbonyl (C=O) groups is 1. The average molecular weight is 216 g/mol. The second kappa shape index (κ2) is 6.92. The molecule has 0 aromatic rings. The summed E-state index contributed by atoms with van der Waals surface area (Å²) in [5.74, 6) is 0.0585. The zero-order chi connectivity index (χ0) is 11.0. The van der Waals surface area contributed by atoms with Gasteiger partial charge in [-0.05, 0) is 32.5 Å². The predicted octanol–water partition coefficient (Wildman–Crippen LogP) is 2.28. The standard InChI is InChI=1S/C10H20O3Si/c1-5-10(11)8-9-14(4,12-6-2)13-7-3/h5H,1,6-9H2,2-4H3. The van der Waals surface area contributed by atoms with Crippen LogP contribution in [0.5, 0.6) is 0 Å². The van der Waals surface area contributed by atoms with E-state index in [1.165, 1.54) is 6.08 Å². The smallest absolute Gasteiger partial charge is 0.335 e. The van der Waals surface area contributed by atoms with Gasteiger partial charge in [0.2, 0.25) is 0 Å². The van der Waals surface area contributed by atoms with E-state index in [-0.39, 0.29) is 5.78 Å². The zero-order valence-corrected chi connectivity index (χ0v) is 10.3. The van der Waals surface area contributed by atoms with Crippen LogP contribution in [0.4, 0.5) is 0 Å². The molecule has 0 heterocycles. The summed E-state index contributed by atoms with van der Waals surface area (Å²) in [6.07, 6.45) is 1.83. The number of carbonyl (C=O) groups excluding carboxylic acids is 1. The van der Waals surface area contributed by atoms with E-state index in [0.717, 1.165) is 0 Å². The van der Waals surface area contributed by atoms with Crippen LogP contribution < -0.4 is 0 Å². The molecule has 3 nitrogen and oxygen atoms in total. The Balaban J connectivity index is 4.07. The lowest BCUT2D eigenvalue weighted by molar-refractivity contribution is -0.114. The van der Waals surface area contributed by atoms with E-state index < -0.39 is 8.56 Å². The Bertz CT molecular complexity index is 186. The largest absolute Gasteiger partial charge is 0.395 e. The normalized spacial score (nSPS) is 11.4. The van der Waals surface area contributed by atoms with Crippen molar-refractivity contribution in [3.63, 3.8) is 0 Å². The third kappa shape index (κ3) is 5.31. The SMILES string of the molecule is C=CC(=O)CC[Si](C)(OCC)OCC. The van der Waals surface area contributed by atoms with Crippen molar-refractivity contribution in [2.24, 2.45) is 0 Å². The van der Waals surface area contributed by atoms with Gasteiger partial charge >= 0.3 is 8.56 Å². The van der Waals surface area contributed by atoms with Crippen molar-refractivity contribution in [2.75, 3.05) is 13.2 Å². The second-order valence-electron chi connectivity index (χ2n) is 3.17. The van der Waals surface area contributed by atoms with E-state index in [2.05, 4.69) is 6.58 Å². The van der Waals surface area contributed by atoms with Gasteiger partial charge in [0.15, 0.2) is 5.78 Å². The highest BCUT2D eigenvalue weighted by Gasteiger charge is 2.30. The fourth-order valence-corrected chi connectivity index (χ4v) is 3.54. The van der Waals surface area contributed by atoms with Gasteiger partial charge in [-0.25, -0.2) is 0 Å². The Morgan fingerprint density at radius 2 is 1.86 bits per heavy atom. The summed E-state index contributed by atoms with van der Waals surface area (Å²) in [7, 11) is -2.10. The third-order valence-corrected chi connectivity index (χ3v) is 4.91. The van der Waals surface area contributed by atoms with Crippen LogP contribution in [0.25, 0.3) is 0 Å². The van der Waals surface area contributed by atoms with Gasteiger partial charge in [0, 0.05) is 19.6 Å². The summed E-state index contributed by atoms with van der Waals surface area (Å²) in [4.78, 5) is 11.1. The van der Waals surface area contributed by atoms with E-state index >= 15 is 0 Å². The molecular weight excluding hydrogens is 196 g/mol. The molecule has 0 aliphatic heterocycles. The molecule has 0 spiro atoms. The van der Waals surface area contributed by atoms with E-state index in [1.54, 1.807) is 0 Å². The predicted molar refractivity (Wildman–Crippen MR) is 59.5 cm³/mol. The van der Waals surface area contributed by atoms with Crippen LogP contribution in [0.15, 0.2) is 12.7 Å². The Kier molecular flexibility index (Phi) is 6.70. The maximum Gasteiger partial charge on any atom is 0.335 e. The van der Waals surface area contributed by atoms with Gasteiger partial charge in [-0.15, -0.1) is 0 Å². The zero-order valence-electron chi connectivity index (χ0n) is 9.34. The molecule has 0 rings (SSSR count). The van der Waals surface area contributed by atoms with E-state index in [1.807, 2.05) is 20.4 Å². The Hall–Kier alpha value is -0.453. The summed E-state index contributed by atoms with van der Waals surface area (Å²) in [5.41, 5.74) is 0. The molecule has 0 aliphatic rings. The molecule has 0 fully saturated rings. The molecule has 14 heavy (non-hydrogen) atoms. The summed E-state index contributed by atoms with van der Waals surface area (Å²) in [6, 6.07) is 0.708. The molecule has 0 atom stereocenters. The minimum atomic E-state index is -2.10. The Morgan fingerprint density at radius 1 is 1.36 bits per heavy atom. The fourth-order valence-electron chi connectivity index (χ4n) is 1.25. The molecule has 0 amide bonds. The first-order chi connectivity index (χ1) is 6.58. The van der Waals surface area contributed by atoms with Gasteiger partial charge in [-0.1, -0.05) is 6.58 Å². The molecule has 0 bridgehead atoms. The Labute approximate surface area is 87.4 Å². The van der Waals surface area contributed by atoms with E-state index in [0.29, 0.717) is 25.7 Å². The number of allylic oxidation sites excluding steroid dienone is 1. The molecule has 0 radical (unpaired) electrons. The Morgan fingerprint density at radius 3 is 2.21 bits per heavy atom. The number of hydrogen-bond donors (Lipinski definition) is 0. The molecule has 0 aromatic carbocycles. The number of hydrogen-bond acceptors (Lipinski definition) is 3. The molecule has 82 valence electrons. The molecule has 0 N–H and O–H groups in total. The number of rotatable bonds is 8. The van der Waals surface area contributed by atoms with Crippen LogP contribution in [0.3, 0.4) is 0 Å². The molecule has 0 saturated carbocycles. The third-order valence-electron chi connectivity index (χ3n) is 1.95. The summed E-state index contributed by atoms with van der Waals surface area (Å²) in [5, 5.41) is 0. The topological polar surface area (TPSA) is 35.5 Å². The van der Waals surface area contributed by atoms with Crippen molar-refractivity contribution in [3.05, 3.63) is 12.7 Å². The maximum absolute atomic E-state index is 11.1. The second-order valence-corrected chi connectivity index (χ2v) is 6.52. The average Bonchev–Trinajstić information content (AvgIpc) is 2.15. The minimum absolute atomic E-state index is 0.0585. The lowest BCUT2D eigenvalue weighted by Crippen LogP contribution is -2.39. The van der Waals surface area contributed by atoms with Crippen molar-refractivity contribution >= 4 is 14.3 Å². The van der Waals surface area contributed by atoms with Gasteiger partial charge < -0.3 is 8.85 Å². The van der Waals surface area contributed by atoms with Crippen LogP contribution in [0, 0.1) is 0 Å². The lowest BCUT2D eigenvalue weighted by atomic mass is 10.3. The van der Waals surface area contributed by atoms with Crippen LogP contribution in [0.2, 0.25) is 12.6 Å². The van der Waals surface area contributed by atoms with Crippen molar-refractivity contribution in [3.8, 4) is 0 Å². The summed E-state index contributed by atoms with van der Waals surface area (Å²) < 4.78 is 11.2. The molecular formula is C10H20O3Si. The monoisotopic (exact) mass is 216 g/mol. The molecule has 0 aromatic heterocycles. The number of ketones is 1. The van der Waals surface area contributed by atoms with E-state index in [4.69, 9.17) is 8.85 Å². The van der Waals surface area contributed by atoms with Gasteiger partial charge in [-0.2, -0.15) is 0 Å². The molecule has 4 heteroatoms. The van der Waals surface area contributed by atoms with Gasteiger partial charge in [0.1, 0.15) is 0 Å². The minimum Gasteiger partial charge on any atom is -0.395 e.